The van der Waals surface area contributed by atoms with Crippen LogP contribution in [0.1, 0.15) is 18.6 Å². The first-order chi connectivity index (χ1) is 7.00. The van der Waals surface area contributed by atoms with Gasteiger partial charge in [0.05, 0.1) is 7.11 Å². The maximum absolute atomic E-state index is 11.2. The lowest BCUT2D eigenvalue weighted by Crippen LogP contribution is -2.42. The molecule has 4 nitrogen and oxygen atoms in total. The summed E-state index contributed by atoms with van der Waals surface area (Å²) in [4.78, 5) is 11.2. The number of rotatable bonds is 3. The minimum absolute atomic E-state index is 0.466. The minimum atomic E-state index is -1.93. The molecule has 0 bridgehead atoms. The summed E-state index contributed by atoms with van der Waals surface area (Å²) in [6.45, 7) is 1.22. The Balaban J connectivity index is 2.94. The van der Waals surface area contributed by atoms with Gasteiger partial charge in [-0.05, 0) is 12.5 Å². The third-order valence-electron chi connectivity index (χ3n) is 2.25. The van der Waals surface area contributed by atoms with E-state index in [1.165, 1.54) is 6.92 Å². The molecule has 1 aromatic rings. The topological polar surface area (TPSA) is 66.8 Å². The van der Waals surface area contributed by atoms with E-state index >= 15 is 0 Å². The molecular weight excluding hydrogens is 196 g/mol. The predicted octanol–water partition coefficient (Wildman–Crippen LogP) is 0.644. The van der Waals surface area contributed by atoms with E-state index in [0.717, 1.165) is 7.11 Å². The van der Waals surface area contributed by atoms with Gasteiger partial charge in [-0.1, -0.05) is 30.3 Å². The van der Waals surface area contributed by atoms with Gasteiger partial charge in [0.1, 0.15) is 6.10 Å². The average Bonchev–Trinajstić information content (AvgIpc) is 2.28. The highest BCUT2D eigenvalue weighted by Crippen LogP contribution is 2.26. The molecule has 2 N–H and O–H groups in total. The van der Waals surface area contributed by atoms with Crippen molar-refractivity contribution in [1.29, 1.82) is 0 Å². The van der Waals surface area contributed by atoms with Crippen molar-refractivity contribution in [2.75, 3.05) is 7.11 Å². The fourth-order valence-electron chi connectivity index (χ4n) is 1.28. The standard InChI is InChI=1S/C11H14O4/c1-11(14,10(13)15-2)9(12)8-6-4-3-5-7-8/h3-7,9,12,14H,1-2H3/t9-,11-/m1/s1. The Bertz CT molecular complexity index is 332. The molecule has 0 saturated carbocycles. The number of methoxy groups -OCH3 is 1. The van der Waals surface area contributed by atoms with E-state index in [0.29, 0.717) is 5.56 Å². The van der Waals surface area contributed by atoms with Gasteiger partial charge in [0.2, 0.25) is 0 Å². The summed E-state index contributed by atoms with van der Waals surface area (Å²) in [7, 11) is 1.16. The number of benzene rings is 1. The Morgan fingerprint density at radius 3 is 2.40 bits per heavy atom. The highest BCUT2D eigenvalue weighted by Gasteiger charge is 2.40. The maximum Gasteiger partial charge on any atom is 0.340 e. The molecule has 0 aliphatic heterocycles. The molecule has 0 radical (unpaired) electrons. The van der Waals surface area contributed by atoms with Crippen LogP contribution in [-0.2, 0) is 9.53 Å². The lowest BCUT2D eigenvalue weighted by Gasteiger charge is -2.26. The minimum Gasteiger partial charge on any atom is -0.467 e. The summed E-state index contributed by atoms with van der Waals surface area (Å²) >= 11 is 0. The first kappa shape index (κ1) is 11.7. The first-order valence-corrected chi connectivity index (χ1v) is 4.54. The van der Waals surface area contributed by atoms with E-state index in [2.05, 4.69) is 4.74 Å². The molecule has 0 fully saturated rings. The van der Waals surface area contributed by atoms with Gasteiger partial charge in [0.25, 0.3) is 0 Å². The van der Waals surface area contributed by atoms with E-state index in [4.69, 9.17) is 0 Å². The molecule has 0 unspecified atom stereocenters. The van der Waals surface area contributed by atoms with Crippen LogP contribution < -0.4 is 0 Å². The predicted molar refractivity (Wildman–Crippen MR) is 54.0 cm³/mol. The zero-order valence-electron chi connectivity index (χ0n) is 8.68. The van der Waals surface area contributed by atoms with Crippen molar-refractivity contribution < 1.29 is 19.7 Å². The molecule has 1 aromatic carbocycles. The van der Waals surface area contributed by atoms with Crippen LogP contribution >= 0.6 is 0 Å². The Labute approximate surface area is 88.1 Å². The zero-order chi connectivity index (χ0) is 11.5. The van der Waals surface area contributed by atoms with E-state index < -0.39 is 17.7 Å². The number of ether oxygens (including phenoxy) is 1. The van der Waals surface area contributed by atoms with Crippen molar-refractivity contribution in [3.05, 3.63) is 35.9 Å². The van der Waals surface area contributed by atoms with Crippen LogP contribution in [0.2, 0.25) is 0 Å². The summed E-state index contributed by atoms with van der Waals surface area (Å²) in [5.41, 5.74) is -1.47. The SMILES string of the molecule is COC(=O)[C@](C)(O)[C@H](O)c1ccccc1. The van der Waals surface area contributed by atoms with Crippen LogP contribution in [0.3, 0.4) is 0 Å². The van der Waals surface area contributed by atoms with Gasteiger partial charge in [0, 0.05) is 0 Å². The number of hydrogen-bond acceptors (Lipinski definition) is 4. The summed E-state index contributed by atoms with van der Waals surface area (Å²) in [5, 5.41) is 19.6. The van der Waals surface area contributed by atoms with Gasteiger partial charge >= 0.3 is 5.97 Å². The first-order valence-electron chi connectivity index (χ1n) is 4.54. The molecule has 0 amide bonds. The smallest absolute Gasteiger partial charge is 0.340 e. The molecule has 0 aliphatic carbocycles. The number of esters is 1. The van der Waals surface area contributed by atoms with Gasteiger partial charge in [-0.3, -0.25) is 0 Å². The fraction of sp³-hybridized carbons (Fsp3) is 0.364. The molecule has 2 atom stereocenters. The highest BCUT2D eigenvalue weighted by atomic mass is 16.5. The van der Waals surface area contributed by atoms with Crippen molar-refractivity contribution in [3.8, 4) is 0 Å². The zero-order valence-corrected chi connectivity index (χ0v) is 8.68. The van der Waals surface area contributed by atoms with Crippen molar-refractivity contribution in [1.82, 2.24) is 0 Å². The number of aliphatic hydroxyl groups is 2. The van der Waals surface area contributed by atoms with E-state index in [-0.39, 0.29) is 0 Å². The van der Waals surface area contributed by atoms with Crippen LogP contribution in [0.5, 0.6) is 0 Å². The van der Waals surface area contributed by atoms with Crippen LogP contribution in [0.15, 0.2) is 30.3 Å². The van der Waals surface area contributed by atoms with Gasteiger partial charge in [0.15, 0.2) is 5.60 Å². The van der Waals surface area contributed by atoms with E-state index in [1.54, 1.807) is 30.3 Å². The molecule has 15 heavy (non-hydrogen) atoms. The summed E-state index contributed by atoms with van der Waals surface area (Å²) in [5.74, 6) is -0.862. The number of aliphatic hydroxyl groups excluding tert-OH is 1. The second-order valence-corrected chi connectivity index (χ2v) is 3.45. The van der Waals surface area contributed by atoms with Gasteiger partial charge in [-0.15, -0.1) is 0 Å². The van der Waals surface area contributed by atoms with Gasteiger partial charge in [-0.2, -0.15) is 0 Å². The Morgan fingerprint density at radius 2 is 1.93 bits per heavy atom. The maximum atomic E-state index is 11.2. The fourth-order valence-corrected chi connectivity index (χ4v) is 1.28. The molecule has 1 rings (SSSR count). The second kappa shape index (κ2) is 4.42. The lowest BCUT2D eigenvalue weighted by atomic mass is 9.93. The molecule has 0 aromatic heterocycles. The largest absolute Gasteiger partial charge is 0.467 e. The third-order valence-corrected chi connectivity index (χ3v) is 2.25. The second-order valence-electron chi connectivity index (χ2n) is 3.45. The summed E-state index contributed by atoms with van der Waals surface area (Å²) in [6.07, 6.45) is -1.30. The van der Waals surface area contributed by atoms with Gasteiger partial charge < -0.3 is 14.9 Å². The Hall–Kier alpha value is -1.39. The van der Waals surface area contributed by atoms with Crippen LogP contribution in [-0.4, -0.2) is 28.9 Å². The Morgan fingerprint density at radius 1 is 1.40 bits per heavy atom. The molecule has 0 spiro atoms. The lowest BCUT2D eigenvalue weighted by molar-refractivity contribution is -0.172. The Kier molecular flexibility index (Phi) is 3.44. The van der Waals surface area contributed by atoms with Crippen LogP contribution in [0.4, 0.5) is 0 Å². The third kappa shape index (κ3) is 2.34. The van der Waals surface area contributed by atoms with Crippen LogP contribution in [0.25, 0.3) is 0 Å². The summed E-state index contributed by atoms with van der Waals surface area (Å²) < 4.78 is 4.41. The highest BCUT2D eigenvalue weighted by molar-refractivity contribution is 5.79. The number of carbonyl (C=O) groups excluding carboxylic acids is 1. The monoisotopic (exact) mass is 210 g/mol. The van der Waals surface area contributed by atoms with Crippen LogP contribution in [0, 0.1) is 0 Å². The van der Waals surface area contributed by atoms with E-state index in [9.17, 15) is 15.0 Å². The van der Waals surface area contributed by atoms with Crippen molar-refractivity contribution >= 4 is 5.97 Å². The molecule has 0 saturated heterocycles. The molecule has 0 aliphatic rings. The van der Waals surface area contributed by atoms with Crippen molar-refractivity contribution in [2.45, 2.75) is 18.6 Å². The normalized spacial score (nSPS) is 16.5. The van der Waals surface area contributed by atoms with Crippen molar-refractivity contribution in [2.24, 2.45) is 0 Å². The number of carbonyl (C=O) groups is 1. The molecule has 82 valence electrons. The molecule has 4 heteroatoms. The van der Waals surface area contributed by atoms with E-state index in [1.807, 2.05) is 0 Å². The molecule has 0 heterocycles. The quantitative estimate of drug-likeness (QED) is 0.719. The van der Waals surface area contributed by atoms with Crippen molar-refractivity contribution in [3.63, 3.8) is 0 Å². The molecular formula is C11H14O4. The average molecular weight is 210 g/mol. The van der Waals surface area contributed by atoms with Gasteiger partial charge in [-0.25, -0.2) is 4.79 Å². The number of hydrogen-bond donors (Lipinski definition) is 2. The summed E-state index contributed by atoms with van der Waals surface area (Å²) in [6, 6.07) is 8.46.